The minimum Gasteiger partial charge on any atom is -0.497 e. The smallest absolute Gasteiger partial charge is 0.425 e. The van der Waals surface area contributed by atoms with Crippen LogP contribution in [0.15, 0.2) is 48.5 Å². The topological polar surface area (TPSA) is 72.6 Å². The number of alkyl halides is 3. The maximum atomic E-state index is 13.5. The van der Waals surface area contributed by atoms with Crippen LogP contribution in [0, 0.1) is 10.1 Å². The van der Waals surface area contributed by atoms with Crippen LogP contribution >= 0.6 is 0 Å². The standard InChI is InChI=1S/C15H12F3NO4/c1-23-13-7-5-10(6-8-13)14(20,15(16,17)18)11-3-2-4-12(9-11)19(21)22/h2-9,20H,1H3. The van der Waals surface area contributed by atoms with Gasteiger partial charge in [0.05, 0.1) is 12.0 Å². The van der Waals surface area contributed by atoms with Crippen molar-refractivity contribution in [1.82, 2.24) is 0 Å². The number of rotatable bonds is 4. The van der Waals surface area contributed by atoms with E-state index in [1.165, 1.54) is 19.2 Å². The molecule has 122 valence electrons. The van der Waals surface area contributed by atoms with Crippen molar-refractivity contribution in [3.63, 3.8) is 0 Å². The summed E-state index contributed by atoms with van der Waals surface area (Å²) >= 11 is 0. The van der Waals surface area contributed by atoms with E-state index in [1.807, 2.05) is 0 Å². The van der Waals surface area contributed by atoms with Crippen molar-refractivity contribution in [2.45, 2.75) is 11.8 Å². The van der Waals surface area contributed by atoms with Gasteiger partial charge in [-0.1, -0.05) is 24.3 Å². The molecule has 0 aromatic heterocycles. The number of hydrogen-bond acceptors (Lipinski definition) is 4. The zero-order valence-corrected chi connectivity index (χ0v) is 11.9. The number of aliphatic hydroxyl groups is 1. The third-order valence-corrected chi connectivity index (χ3v) is 3.39. The van der Waals surface area contributed by atoms with Gasteiger partial charge in [0.1, 0.15) is 5.75 Å². The summed E-state index contributed by atoms with van der Waals surface area (Å²) in [5.41, 5.74) is -5.01. The summed E-state index contributed by atoms with van der Waals surface area (Å²) < 4.78 is 45.5. The second-order valence-corrected chi connectivity index (χ2v) is 4.74. The summed E-state index contributed by atoms with van der Waals surface area (Å²) in [7, 11) is 1.35. The average Bonchev–Trinajstić information content (AvgIpc) is 2.53. The fourth-order valence-electron chi connectivity index (χ4n) is 2.17. The SMILES string of the molecule is COc1ccc(C(O)(c2cccc([N+](=O)[O-])c2)C(F)(F)F)cc1. The molecule has 1 atom stereocenters. The molecule has 0 fully saturated rings. The van der Waals surface area contributed by atoms with E-state index in [-0.39, 0.29) is 0 Å². The highest BCUT2D eigenvalue weighted by molar-refractivity contribution is 5.45. The lowest BCUT2D eigenvalue weighted by Crippen LogP contribution is -2.43. The van der Waals surface area contributed by atoms with Gasteiger partial charge >= 0.3 is 6.18 Å². The monoisotopic (exact) mass is 327 g/mol. The second-order valence-electron chi connectivity index (χ2n) is 4.74. The van der Waals surface area contributed by atoms with Gasteiger partial charge in [-0.3, -0.25) is 10.1 Å². The van der Waals surface area contributed by atoms with Crippen LogP contribution < -0.4 is 4.74 Å². The first-order valence-electron chi connectivity index (χ1n) is 6.38. The van der Waals surface area contributed by atoms with Gasteiger partial charge in [-0.15, -0.1) is 0 Å². The van der Waals surface area contributed by atoms with Crippen LogP contribution in [0.5, 0.6) is 5.75 Å². The van der Waals surface area contributed by atoms with Gasteiger partial charge in [-0.2, -0.15) is 13.2 Å². The Morgan fingerprint density at radius 1 is 1.09 bits per heavy atom. The van der Waals surface area contributed by atoms with Gasteiger partial charge in [0.15, 0.2) is 0 Å². The summed E-state index contributed by atoms with van der Waals surface area (Å²) in [6.45, 7) is 0. The average molecular weight is 327 g/mol. The van der Waals surface area contributed by atoms with E-state index in [1.54, 1.807) is 0 Å². The van der Waals surface area contributed by atoms with Gasteiger partial charge in [0, 0.05) is 17.7 Å². The van der Waals surface area contributed by atoms with E-state index in [2.05, 4.69) is 0 Å². The van der Waals surface area contributed by atoms with Crippen LogP contribution in [0.3, 0.4) is 0 Å². The second kappa shape index (κ2) is 5.88. The zero-order chi connectivity index (χ0) is 17.3. The molecular formula is C15H12F3NO4. The van der Waals surface area contributed by atoms with Crippen molar-refractivity contribution in [2.24, 2.45) is 0 Å². The number of nitro benzene ring substituents is 1. The molecule has 0 amide bonds. The van der Waals surface area contributed by atoms with Crippen LogP contribution in [-0.2, 0) is 5.60 Å². The summed E-state index contributed by atoms with van der Waals surface area (Å²) in [5, 5.41) is 21.1. The predicted octanol–water partition coefficient (Wildman–Crippen LogP) is 3.40. The molecule has 1 unspecified atom stereocenters. The molecule has 2 rings (SSSR count). The summed E-state index contributed by atoms with van der Waals surface area (Å²) in [6.07, 6.45) is -5.07. The Kier molecular flexibility index (Phi) is 4.28. The van der Waals surface area contributed by atoms with Crippen molar-refractivity contribution in [3.8, 4) is 5.75 Å². The van der Waals surface area contributed by atoms with Gasteiger partial charge in [-0.25, -0.2) is 0 Å². The van der Waals surface area contributed by atoms with Gasteiger partial charge in [0.25, 0.3) is 5.69 Å². The largest absolute Gasteiger partial charge is 0.497 e. The molecule has 0 aliphatic heterocycles. The number of methoxy groups -OCH3 is 1. The highest BCUT2D eigenvalue weighted by atomic mass is 19.4. The lowest BCUT2D eigenvalue weighted by Gasteiger charge is -2.31. The van der Waals surface area contributed by atoms with Gasteiger partial charge in [-0.05, 0) is 17.7 Å². The van der Waals surface area contributed by atoms with Crippen LogP contribution in [0.25, 0.3) is 0 Å². The van der Waals surface area contributed by atoms with Crippen molar-refractivity contribution in [3.05, 3.63) is 69.8 Å². The van der Waals surface area contributed by atoms with E-state index in [9.17, 15) is 28.4 Å². The third-order valence-electron chi connectivity index (χ3n) is 3.39. The Bertz CT molecular complexity index is 715. The van der Waals surface area contributed by atoms with Crippen LogP contribution in [0.4, 0.5) is 18.9 Å². The molecule has 8 heteroatoms. The maximum absolute atomic E-state index is 13.5. The van der Waals surface area contributed by atoms with Crippen LogP contribution in [-0.4, -0.2) is 23.3 Å². The molecule has 0 bridgehead atoms. The zero-order valence-electron chi connectivity index (χ0n) is 11.9. The Morgan fingerprint density at radius 2 is 1.70 bits per heavy atom. The van der Waals surface area contributed by atoms with E-state index in [0.717, 1.165) is 30.3 Å². The maximum Gasteiger partial charge on any atom is 0.425 e. The fraction of sp³-hybridized carbons (Fsp3) is 0.200. The fourth-order valence-corrected chi connectivity index (χ4v) is 2.17. The molecule has 5 nitrogen and oxygen atoms in total. The number of ether oxygens (including phenoxy) is 1. The Morgan fingerprint density at radius 3 is 2.17 bits per heavy atom. The van der Waals surface area contributed by atoms with E-state index in [4.69, 9.17) is 4.74 Å². The van der Waals surface area contributed by atoms with Crippen molar-refractivity contribution >= 4 is 5.69 Å². The molecule has 1 N–H and O–H groups in total. The number of halogens is 3. The van der Waals surface area contributed by atoms with Crippen LogP contribution in [0.2, 0.25) is 0 Å². The molecule has 0 aliphatic carbocycles. The van der Waals surface area contributed by atoms with E-state index in [0.29, 0.717) is 11.8 Å². The number of non-ortho nitro benzene ring substituents is 1. The highest BCUT2D eigenvalue weighted by Crippen LogP contribution is 2.45. The molecule has 2 aromatic carbocycles. The number of nitrogens with zero attached hydrogens (tertiary/aromatic N) is 1. The van der Waals surface area contributed by atoms with E-state index < -0.39 is 33.5 Å². The number of nitro groups is 1. The Hall–Kier alpha value is -2.61. The number of hydrogen-bond donors (Lipinski definition) is 1. The lowest BCUT2D eigenvalue weighted by molar-refractivity contribution is -0.385. The molecule has 0 saturated heterocycles. The summed E-state index contributed by atoms with van der Waals surface area (Å²) in [6, 6.07) is 8.49. The van der Waals surface area contributed by atoms with Crippen molar-refractivity contribution < 1.29 is 27.9 Å². The van der Waals surface area contributed by atoms with Crippen LogP contribution in [0.1, 0.15) is 11.1 Å². The molecule has 0 heterocycles. The molecule has 0 saturated carbocycles. The quantitative estimate of drug-likeness (QED) is 0.690. The molecule has 0 radical (unpaired) electrons. The van der Waals surface area contributed by atoms with Crippen molar-refractivity contribution in [2.75, 3.05) is 7.11 Å². The minimum absolute atomic E-state index is 0.317. The summed E-state index contributed by atoms with van der Waals surface area (Å²) in [5.74, 6) is 0.317. The molecule has 2 aromatic rings. The minimum atomic E-state index is -5.07. The van der Waals surface area contributed by atoms with Crippen molar-refractivity contribution in [1.29, 1.82) is 0 Å². The first-order chi connectivity index (χ1) is 10.7. The highest BCUT2D eigenvalue weighted by Gasteiger charge is 2.56. The lowest BCUT2D eigenvalue weighted by atomic mass is 9.85. The number of benzene rings is 2. The third kappa shape index (κ3) is 2.98. The molecule has 0 spiro atoms. The van der Waals surface area contributed by atoms with Gasteiger partial charge < -0.3 is 9.84 Å². The van der Waals surface area contributed by atoms with Gasteiger partial charge in [0.2, 0.25) is 5.60 Å². The van der Waals surface area contributed by atoms with E-state index >= 15 is 0 Å². The Labute approximate surface area is 129 Å². The summed E-state index contributed by atoms with van der Waals surface area (Å²) in [4.78, 5) is 9.95. The predicted molar refractivity (Wildman–Crippen MR) is 75.1 cm³/mol. The molecule has 23 heavy (non-hydrogen) atoms. The Balaban J connectivity index is 2.64. The molecule has 0 aliphatic rings. The molecular weight excluding hydrogens is 315 g/mol. The first kappa shape index (κ1) is 16.8. The normalized spacial score (nSPS) is 14.1. The first-order valence-corrected chi connectivity index (χ1v) is 6.38.